The predicted molar refractivity (Wildman–Crippen MR) is 87.6 cm³/mol. The van der Waals surface area contributed by atoms with Crippen LogP contribution >= 0.6 is 11.8 Å². The predicted octanol–water partition coefficient (Wildman–Crippen LogP) is 3.48. The Kier molecular flexibility index (Phi) is 5.46. The summed E-state index contributed by atoms with van der Waals surface area (Å²) in [5.41, 5.74) is -0.531. The zero-order chi connectivity index (χ0) is 17.0. The van der Waals surface area contributed by atoms with Gasteiger partial charge < -0.3 is 9.64 Å². The third-order valence-corrected chi connectivity index (χ3v) is 4.50. The van der Waals surface area contributed by atoms with E-state index in [9.17, 15) is 14.9 Å². The normalized spacial score (nSPS) is 18.0. The van der Waals surface area contributed by atoms with Crippen molar-refractivity contribution >= 4 is 23.5 Å². The zero-order valence-corrected chi connectivity index (χ0v) is 14.3. The summed E-state index contributed by atoms with van der Waals surface area (Å²) in [6, 6.07) is 3.00. The molecule has 2 heterocycles. The van der Waals surface area contributed by atoms with Gasteiger partial charge in [-0.05, 0) is 39.7 Å². The molecule has 1 saturated heterocycles. The molecule has 1 unspecified atom stereocenters. The van der Waals surface area contributed by atoms with Crippen LogP contribution in [0.1, 0.15) is 33.6 Å². The number of carbonyl (C=O) groups is 1. The molecule has 1 aliphatic heterocycles. The van der Waals surface area contributed by atoms with E-state index in [-0.39, 0.29) is 17.8 Å². The largest absolute Gasteiger partial charge is 0.444 e. The van der Waals surface area contributed by atoms with Gasteiger partial charge in [0.25, 0.3) is 0 Å². The number of likely N-dealkylation sites (tertiary alicyclic amines) is 1. The minimum absolute atomic E-state index is 0.000634. The second-order valence-corrected chi connectivity index (χ2v) is 7.37. The number of aromatic nitrogens is 1. The van der Waals surface area contributed by atoms with Gasteiger partial charge in [-0.25, -0.2) is 9.78 Å². The number of nitro groups is 1. The number of pyridine rings is 1. The molecule has 1 fully saturated rings. The lowest BCUT2D eigenvalue weighted by molar-refractivity contribution is -0.388. The van der Waals surface area contributed by atoms with Crippen LogP contribution in [0.5, 0.6) is 0 Å². The Balaban J connectivity index is 2.00. The minimum Gasteiger partial charge on any atom is -0.444 e. The maximum absolute atomic E-state index is 12.2. The Morgan fingerprint density at radius 2 is 2.30 bits per heavy atom. The van der Waals surface area contributed by atoms with Crippen molar-refractivity contribution in [3.05, 3.63) is 28.4 Å². The topological polar surface area (TPSA) is 85.6 Å². The average molecular weight is 339 g/mol. The molecule has 0 aromatic carbocycles. The molecule has 126 valence electrons. The van der Waals surface area contributed by atoms with Gasteiger partial charge in [0.15, 0.2) is 5.03 Å². The van der Waals surface area contributed by atoms with E-state index in [1.165, 1.54) is 24.0 Å². The van der Waals surface area contributed by atoms with Gasteiger partial charge >= 0.3 is 11.8 Å². The van der Waals surface area contributed by atoms with Crippen LogP contribution in [-0.2, 0) is 4.74 Å². The van der Waals surface area contributed by atoms with Crippen molar-refractivity contribution in [3.63, 3.8) is 0 Å². The van der Waals surface area contributed by atoms with Gasteiger partial charge in [0.2, 0.25) is 0 Å². The molecule has 0 radical (unpaired) electrons. The summed E-state index contributed by atoms with van der Waals surface area (Å²) in [5, 5.41) is 11.4. The number of hydrogen-bond donors (Lipinski definition) is 0. The molecule has 1 aromatic heterocycles. The Morgan fingerprint density at radius 3 is 2.96 bits per heavy atom. The van der Waals surface area contributed by atoms with Crippen molar-refractivity contribution in [3.8, 4) is 0 Å². The molecule has 0 saturated carbocycles. The summed E-state index contributed by atoms with van der Waals surface area (Å²) in [6.07, 6.45) is 2.99. The molecule has 0 spiro atoms. The molecule has 0 bridgehead atoms. The van der Waals surface area contributed by atoms with Crippen LogP contribution in [0.25, 0.3) is 0 Å². The van der Waals surface area contributed by atoms with Crippen molar-refractivity contribution < 1.29 is 14.5 Å². The first-order valence-electron chi connectivity index (χ1n) is 7.50. The highest BCUT2D eigenvalue weighted by molar-refractivity contribution is 7.99. The number of ether oxygens (including phenoxy) is 1. The van der Waals surface area contributed by atoms with Gasteiger partial charge in [0, 0.05) is 30.6 Å². The summed E-state index contributed by atoms with van der Waals surface area (Å²) < 4.78 is 5.42. The van der Waals surface area contributed by atoms with Crippen LogP contribution in [0.2, 0.25) is 0 Å². The molecular formula is C15H21N3O4S. The highest BCUT2D eigenvalue weighted by Gasteiger charge is 2.32. The number of thioether (sulfide) groups is 1. The highest BCUT2D eigenvalue weighted by atomic mass is 32.2. The molecule has 2 rings (SSSR count). The molecule has 0 N–H and O–H groups in total. The molecule has 1 atom stereocenters. The third kappa shape index (κ3) is 4.82. The van der Waals surface area contributed by atoms with Crippen molar-refractivity contribution in [2.24, 2.45) is 0 Å². The van der Waals surface area contributed by atoms with Gasteiger partial charge in [0.05, 0.1) is 4.92 Å². The quantitative estimate of drug-likeness (QED) is 0.474. The van der Waals surface area contributed by atoms with Gasteiger partial charge in [-0.15, -0.1) is 0 Å². The van der Waals surface area contributed by atoms with E-state index in [1.807, 2.05) is 20.8 Å². The molecule has 7 nitrogen and oxygen atoms in total. The van der Waals surface area contributed by atoms with Crippen LogP contribution in [0.3, 0.4) is 0 Å². The summed E-state index contributed by atoms with van der Waals surface area (Å²) in [7, 11) is 0. The monoisotopic (exact) mass is 339 g/mol. The van der Waals surface area contributed by atoms with Crippen molar-refractivity contribution in [2.45, 2.75) is 50.3 Å². The Hall–Kier alpha value is -1.83. The second-order valence-electron chi connectivity index (χ2n) is 6.37. The van der Waals surface area contributed by atoms with E-state index in [1.54, 1.807) is 11.0 Å². The lowest BCUT2D eigenvalue weighted by Gasteiger charge is -2.28. The highest BCUT2D eigenvalue weighted by Crippen LogP contribution is 2.30. The maximum atomic E-state index is 12.2. The number of rotatable bonds is 4. The number of carbonyl (C=O) groups excluding carboxylic acids is 1. The molecule has 0 aliphatic carbocycles. The molecule has 1 aliphatic rings. The van der Waals surface area contributed by atoms with Gasteiger partial charge in [-0.2, -0.15) is 0 Å². The van der Waals surface area contributed by atoms with E-state index in [0.717, 1.165) is 12.8 Å². The smallest absolute Gasteiger partial charge is 0.410 e. The van der Waals surface area contributed by atoms with Gasteiger partial charge in [-0.3, -0.25) is 10.1 Å². The third-order valence-electron chi connectivity index (χ3n) is 3.37. The van der Waals surface area contributed by atoms with Gasteiger partial charge in [0.1, 0.15) is 5.60 Å². The first-order valence-corrected chi connectivity index (χ1v) is 8.48. The second kappa shape index (κ2) is 7.16. The Morgan fingerprint density at radius 1 is 1.57 bits per heavy atom. The fourth-order valence-electron chi connectivity index (χ4n) is 2.38. The lowest BCUT2D eigenvalue weighted by Crippen LogP contribution is -2.40. The van der Waals surface area contributed by atoms with Crippen LogP contribution in [0.15, 0.2) is 23.4 Å². The van der Waals surface area contributed by atoms with Crippen molar-refractivity contribution in [1.82, 2.24) is 9.88 Å². The van der Waals surface area contributed by atoms with Crippen LogP contribution in [0.4, 0.5) is 10.5 Å². The number of amides is 1. The average Bonchev–Trinajstić information content (AvgIpc) is 2.92. The Labute approximate surface area is 139 Å². The molecule has 23 heavy (non-hydrogen) atoms. The molecule has 8 heteroatoms. The number of nitrogens with zero attached hydrogens (tertiary/aromatic N) is 3. The fraction of sp³-hybridized carbons (Fsp3) is 0.600. The SMILES string of the molecule is CC(C)(C)OC(=O)N1CCCC1CSc1ncccc1[N+](=O)[O-]. The van der Waals surface area contributed by atoms with Gasteiger partial charge in [-0.1, -0.05) is 11.8 Å². The van der Waals surface area contributed by atoms with E-state index >= 15 is 0 Å². The summed E-state index contributed by atoms with van der Waals surface area (Å²) in [5.74, 6) is 0.567. The molecule has 1 amide bonds. The standard InChI is InChI=1S/C15H21N3O4S/c1-15(2,3)22-14(19)17-9-5-6-11(17)10-23-13-12(18(20)21)7-4-8-16-13/h4,7-8,11H,5-6,9-10H2,1-3H3. The summed E-state index contributed by atoms with van der Waals surface area (Å²) in [6.45, 7) is 6.16. The van der Waals surface area contributed by atoms with E-state index in [4.69, 9.17) is 4.74 Å². The Bertz CT molecular complexity index is 588. The first kappa shape index (κ1) is 17.5. The van der Waals surface area contributed by atoms with E-state index in [0.29, 0.717) is 17.3 Å². The first-order chi connectivity index (χ1) is 10.8. The van der Waals surface area contributed by atoms with Crippen molar-refractivity contribution in [1.29, 1.82) is 0 Å². The fourth-order valence-corrected chi connectivity index (χ4v) is 3.50. The van der Waals surface area contributed by atoms with Crippen molar-refractivity contribution in [2.75, 3.05) is 12.3 Å². The lowest BCUT2D eigenvalue weighted by atomic mass is 10.2. The zero-order valence-electron chi connectivity index (χ0n) is 13.5. The molecular weight excluding hydrogens is 318 g/mol. The van der Waals surface area contributed by atoms with E-state index < -0.39 is 10.5 Å². The van der Waals surface area contributed by atoms with E-state index in [2.05, 4.69) is 4.98 Å². The summed E-state index contributed by atoms with van der Waals surface area (Å²) in [4.78, 5) is 28.6. The van der Waals surface area contributed by atoms with Crippen LogP contribution < -0.4 is 0 Å². The number of hydrogen-bond acceptors (Lipinski definition) is 6. The minimum atomic E-state index is -0.531. The maximum Gasteiger partial charge on any atom is 0.410 e. The van der Waals surface area contributed by atoms with Crippen LogP contribution in [0, 0.1) is 10.1 Å². The molecule has 1 aromatic rings. The van der Waals surface area contributed by atoms with Crippen LogP contribution in [-0.4, -0.2) is 44.8 Å². The summed E-state index contributed by atoms with van der Waals surface area (Å²) >= 11 is 1.31.